The number of carbonyl (C=O) groups is 2. The van der Waals surface area contributed by atoms with E-state index in [1.165, 1.54) is 18.4 Å². The second-order valence-electron chi connectivity index (χ2n) is 5.72. The van der Waals surface area contributed by atoms with Gasteiger partial charge in [0.15, 0.2) is 0 Å². The number of piperidine rings is 1. The lowest BCUT2D eigenvalue weighted by molar-refractivity contribution is -0.151. The molecule has 4 heteroatoms. The van der Waals surface area contributed by atoms with Crippen LogP contribution in [0.5, 0.6) is 0 Å². The van der Waals surface area contributed by atoms with E-state index in [9.17, 15) is 9.59 Å². The van der Waals surface area contributed by atoms with Crippen molar-refractivity contribution >= 4 is 11.9 Å². The van der Waals surface area contributed by atoms with Gasteiger partial charge in [-0.25, -0.2) is 0 Å². The van der Waals surface area contributed by atoms with E-state index in [1.807, 2.05) is 11.8 Å². The number of nitrogens with zero attached hydrogens (tertiary/aromatic N) is 1. The number of ether oxygens (including phenoxy) is 1. The monoisotopic (exact) mass is 279 g/mol. The predicted molar refractivity (Wildman–Crippen MR) is 77.1 cm³/mol. The molecule has 1 aliphatic heterocycles. The number of hydrogen-bond acceptors (Lipinski definition) is 3. The van der Waals surface area contributed by atoms with Gasteiger partial charge in [-0.05, 0) is 45.4 Å². The van der Waals surface area contributed by atoms with Gasteiger partial charge in [0.25, 0.3) is 0 Å². The maximum absolute atomic E-state index is 12.3. The highest BCUT2D eigenvalue weighted by molar-refractivity contribution is 5.80. The summed E-state index contributed by atoms with van der Waals surface area (Å²) in [6.45, 7) is 3.54. The van der Waals surface area contributed by atoms with Crippen LogP contribution in [-0.4, -0.2) is 36.5 Å². The Labute approximate surface area is 121 Å². The van der Waals surface area contributed by atoms with Crippen LogP contribution in [0.3, 0.4) is 0 Å². The summed E-state index contributed by atoms with van der Waals surface area (Å²) in [5.74, 6) is -0.109. The second kappa shape index (κ2) is 7.46. The molecule has 20 heavy (non-hydrogen) atoms. The first-order chi connectivity index (χ1) is 9.70. The number of hydrogen-bond donors (Lipinski definition) is 0. The molecular formula is C16H25NO3. The van der Waals surface area contributed by atoms with Crippen LogP contribution in [-0.2, 0) is 14.3 Å². The summed E-state index contributed by atoms with van der Waals surface area (Å²) in [6, 6.07) is 0. The molecule has 0 bridgehead atoms. The first kappa shape index (κ1) is 15.1. The Morgan fingerprint density at radius 3 is 2.90 bits per heavy atom. The zero-order valence-corrected chi connectivity index (χ0v) is 12.4. The smallest absolute Gasteiger partial charge is 0.310 e. The molecule has 2 rings (SSSR count). The molecule has 0 aromatic rings. The van der Waals surface area contributed by atoms with Crippen molar-refractivity contribution < 1.29 is 14.3 Å². The Hall–Kier alpha value is -1.32. The minimum absolute atomic E-state index is 0.131. The third-order valence-corrected chi connectivity index (χ3v) is 4.16. The summed E-state index contributed by atoms with van der Waals surface area (Å²) in [6.07, 6.45) is 9.09. The number of likely N-dealkylation sites (tertiary alicyclic amines) is 1. The van der Waals surface area contributed by atoms with Crippen molar-refractivity contribution in [1.29, 1.82) is 0 Å². The molecule has 1 saturated heterocycles. The SMILES string of the molecule is CCOC(=O)C1CCCN(C(=O)CC2=CCCCC2)C1. The van der Waals surface area contributed by atoms with Gasteiger partial charge in [-0.1, -0.05) is 11.6 Å². The predicted octanol–water partition coefficient (Wildman–Crippen LogP) is 2.68. The topological polar surface area (TPSA) is 46.6 Å². The zero-order valence-electron chi connectivity index (χ0n) is 12.4. The van der Waals surface area contributed by atoms with Gasteiger partial charge in [-0.3, -0.25) is 9.59 Å². The fourth-order valence-electron chi connectivity index (χ4n) is 3.03. The Balaban J connectivity index is 1.86. The molecule has 0 radical (unpaired) electrons. The number of rotatable bonds is 4. The number of amides is 1. The molecule has 1 heterocycles. The molecule has 1 unspecified atom stereocenters. The van der Waals surface area contributed by atoms with Crippen molar-refractivity contribution in [2.24, 2.45) is 5.92 Å². The van der Waals surface area contributed by atoms with E-state index in [1.54, 1.807) is 0 Å². The molecule has 0 aromatic heterocycles. The molecule has 2 aliphatic rings. The second-order valence-corrected chi connectivity index (χ2v) is 5.72. The van der Waals surface area contributed by atoms with Crippen LogP contribution in [0.25, 0.3) is 0 Å². The van der Waals surface area contributed by atoms with Crippen molar-refractivity contribution in [3.63, 3.8) is 0 Å². The lowest BCUT2D eigenvalue weighted by Crippen LogP contribution is -2.42. The molecule has 0 aromatic carbocycles. The Morgan fingerprint density at radius 2 is 2.20 bits per heavy atom. The molecule has 112 valence electrons. The molecule has 0 spiro atoms. The van der Waals surface area contributed by atoms with E-state index in [2.05, 4.69) is 6.08 Å². The highest BCUT2D eigenvalue weighted by Gasteiger charge is 2.29. The van der Waals surface area contributed by atoms with E-state index in [0.29, 0.717) is 19.6 Å². The number of carbonyl (C=O) groups excluding carboxylic acids is 2. The van der Waals surface area contributed by atoms with Crippen LogP contribution in [0.15, 0.2) is 11.6 Å². The lowest BCUT2D eigenvalue weighted by atomic mass is 9.95. The average molecular weight is 279 g/mol. The Bertz CT molecular complexity index is 389. The van der Waals surface area contributed by atoms with Crippen molar-refractivity contribution in [3.05, 3.63) is 11.6 Å². The minimum atomic E-state index is -0.151. The summed E-state index contributed by atoms with van der Waals surface area (Å²) >= 11 is 0. The first-order valence-electron chi connectivity index (χ1n) is 7.83. The average Bonchev–Trinajstić information content (AvgIpc) is 2.48. The summed E-state index contributed by atoms with van der Waals surface area (Å²) < 4.78 is 5.07. The fourth-order valence-corrected chi connectivity index (χ4v) is 3.03. The fraction of sp³-hybridized carbons (Fsp3) is 0.750. The molecule has 1 amide bonds. The van der Waals surface area contributed by atoms with Crippen LogP contribution < -0.4 is 0 Å². The van der Waals surface area contributed by atoms with Gasteiger partial charge < -0.3 is 9.64 Å². The molecule has 1 atom stereocenters. The largest absolute Gasteiger partial charge is 0.466 e. The van der Waals surface area contributed by atoms with E-state index in [4.69, 9.17) is 4.74 Å². The van der Waals surface area contributed by atoms with Crippen LogP contribution >= 0.6 is 0 Å². The quantitative estimate of drug-likeness (QED) is 0.587. The van der Waals surface area contributed by atoms with E-state index < -0.39 is 0 Å². The minimum Gasteiger partial charge on any atom is -0.466 e. The van der Waals surface area contributed by atoms with Gasteiger partial charge in [0.05, 0.1) is 12.5 Å². The maximum atomic E-state index is 12.3. The first-order valence-corrected chi connectivity index (χ1v) is 7.83. The van der Waals surface area contributed by atoms with Gasteiger partial charge in [-0.15, -0.1) is 0 Å². The summed E-state index contributed by atoms with van der Waals surface area (Å²) in [5.41, 5.74) is 1.28. The Morgan fingerprint density at radius 1 is 1.35 bits per heavy atom. The summed E-state index contributed by atoms with van der Waals surface area (Å²) in [4.78, 5) is 26.0. The van der Waals surface area contributed by atoms with Crippen LogP contribution in [0.4, 0.5) is 0 Å². The number of allylic oxidation sites excluding steroid dienone is 1. The van der Waals surface area contributed by atoms with Gasteiger partial charge in [0, 0.05) is 19.5 Å². The normalized spacial score (nSPS) is 23.1. The molecule has 1 aliphatic carbocycles. The zero-order chi connectivity index (χ0) is 14.4. The van der Waals surface area contributed by atoms with Crippen LogP contribution in [0.1, 0.15) is 51.9 Å². The van der Waals surface area contributed by atoms with Crippen molar-refractivity contribution in [2.45, 2.75) is 51.9 Å². The third-order valence-electron chi connectivity index (χ3n) is 4.16. The Kier molecular flexibility index (Phi) is 5.62. The summed E-state index contributed by atoms with van der Waals surface area (Å²) in [7, 11) is 0. The van der Waals surface area contributed by atoms with Crippen LogP contribution in [0, 0.1) is 5.92 Å². The molecule has 0 saturated carbocycles. The van der Waals surface area contributed by atoms with Crippen molar-refractivity contribution in [1.82, 2.24) is 4.90 Å². The van der Waals surface area contributed by atoms with Crippen molar-refractivity contribution in [2.75, 3.05) is 19.7 Å². The maximum Gasteiger partial charge on any atom is 0.310 e. The van der Waals surface area contributed by atoms with E-state index in [-0.39, 0.29) is 17.8 Å². The molecule has 0 N–H and O–H groups in total. The molecular weight excluding hydrogens is 254 g/mol. The highest BCUT2D eigenvalue weighted by Crippen LogP contribution is 2.23. The standard InChI is InChI=1S/C16H25NO3/c1-2-20-16(19)14-9-6-10-17(12-14)15(18)11-13-7-4-3-5-8-13/h7,14H,2-6,8-12H2,1H3. The molecule has 4 nitrogen and oxygen atoms in total. The summed E-state index contributed by atoms with van der Waals surface area (Å²) in [5, 5.41) is 0. The van der Waals surface area contributed by atoms with E-state index >= 15 is 0 Å². The molecule has 1 fully saturated rings. The van der Waals surface area contributed by atoms with Gasteiger partial charge in [-0.2, -0.15) is 0 Å². The highest BCUT2D eigenvalue weighted by atomic mass is 16.5. The van der Waals surface area contributed by atoms with Gasteiger partial charge >= 0.3 is 5.97 Å². The van der Waals surface area contributed by atoms with Crippen LogP contribution in [0.2, 0.25) is 0 Å². The van der Waals surface area contributed by atoms with Gasteiger partial charge in [0.1, 0.15) is 0 Å². The van der Waals surface area contributed by atoms with Crippen molar-refractivity contribution in [3.8, 4) is 0 Å². The van der Waals surface area contributed by atoms with E-state index in [0.717, 1.165) is 32.2 Å². The number of esters is 1. The lowest BCUT2D eigenvalue weighted by Gasteiger charge is -2.32. The van der Waals surface area contributed by atoms with Gasteiger partial charge in [0.2, 0.25) is 5.91 Å². The third kappa shape index (κ3) is 4.09.